The topological polar surface area (TPSA) is 16.1 Å². The first-order valence-corrected chi connectivity index (χ1v) is 7.47. The summed E-state index contributed by atoms with van der Waals surface area (Å²) >= 11 is 0. The minimum absolute atomic E-state index is 0.999. The lowest BCUT2D eigenvalue weighted by Gasteiger charge is -2.28. The van der Waals surface area contributed by atoms with E-state index in [2.05, 4.69) is 22.0 Å². The van der Waals surface area contributed by atoms with Gasteiger partial charge in [0.1, 0.15) is 0 Å². The van der Waals surface area contributed by atoms with Gasteiger partial charge in [0.15, 0.2) is 0 Å². The van der Waals surface area contributed by atoms with Gasteiger partial charge >= 0.3 is 0 Å². The molecule has 0 amide bonds. The minimum Gasteiger partial charge on any atom is -0.300 e. The number of hydrogen-bond acceptors (Lipinski definition) is 2. The van der Waals surface area contributed by atoms with Gasteiger partial charge in [-0.25, -0.2) is 0 Å². The number of para-hydroxylation sites is 1. The lowest BCUT2D eigenvalue weighted by molar-refractivity contribution is 0.198. The summed E-state index contributed by atoms with van der Waals surface area (Å²) in [6.07, 6.45) is 9.19. The Hall–Kier alpha value is -1.41. The molecule has 1 aromatic carbocycles. The van der Waals surface area contributed by atoms with Crippen molar-refractivity contribution in [3.8, 4) is 0 Å². The maximum absolute atomic E-state index is 4.18. The Kier molecular flexibility index (Phi) is 4.09. The van der Waals surface area contributed by atoms with Crippen LogP contribution in [0.15, 0.2) is 42.6 Å². The van der Waals surface area contributed by atoms with E-state index in [9.17, 15) is 0 Å². The number of fused-ring (bicyclic) bond motifs is 2. The maximum atomic E-state index is 4.18. The van der Waals surface area contributed by atoms with Crippen LogP contribution in [0.3, 0.4) is 0 Å². The van der Waals surface area contributed by atoms with Crippen molar-refractivity contribution in [1.82, 2.24) is 9.88 Å². The highest BCUT2D eigenvalue weighted by Gasteiger charge is 2.25. The molecule has 2 saturated heterocycles. The zero-order chi connectivity index (χ0) is 12.9. The van der Waals surface area contributed by atoms with E-state index in [0.29, 0.717) is 0 Å². The quantitative estimate of drug-likeness (QED) is 0.709. The van der Waals surface area contributed by atoms with Gasteiger partial charge in [-0.15, -0.1) is 0 Å². The Morgan fingerprint density at radius 2 is 1.68 bits per heavy atom. The first-order chi connectivity index (χ1) is 9.43. The molecule has 2 heteroatoms. The van der Waals surface area contributed by atoms with Crippen molar-refractivity contribution >= 4 is 10.9 Å². The predicted molar refractivity (Wildman–Crippen MR) is 80.2 cm³/mol. The molecule has 2 aliphatic rings. The highest BCUT2D eigenvalue weighted by atomic mass is 15.2. The SMILES string of the molecule is C1CCN2CCCC2C1.c1ccc2ncccc2c1. The molecule has 3 heterocycles. The Bertz CT molecular complexity index is 446. The van der Waals surface area contributed by atoms with Gasteiger partial charge in [0, 0.05) is 17.6 Å². The third kappa shape index (κ3) is 3.13. The molecule has 0 radical (unpaired) electrons. The second-order valence-corrected chi connectivity index (χ2v) is 5.52. The molecule has 4 rings (SSSR count). The number of aromatic nitrogens is 1. The summed E-state index contributed by atoms with van der Waals surface area (Å²) in [7, 11) is 0. The van der Waals surface area contributed by atoms with Crippen LogP contribution >= 0.6 is 0 Å². The fraction of sp³-hybridized carbons (Fsp3) is 0.471. The molecule has 0 saturated carbocycles. The van der Waals surface area contributed by atoms with Gasteiger partial charge in [0.25, 0.3) is 0 Å². The van der Waals surface area contributed by atoms with Gasteiger partial charge in [-0.1, -0.05) is 30.7 Å². The fourth-order valence-electron chi connectivity index (χ4n) is 3.23. The highest BCUT2D eigenvalue weighted by molar-refractivity contribution is 5.77. The van der Waals surface area contributed by atoms with Gasteiger partial charge in [-0.2, -0.15) is 0 Å². The monoisotopic (exact) mass is 254 g/mol. The molecule has 0 N–H and O–H groups in total. The van der Waals surface area contributed by atoms with Crippen molar-refractivity contribution < 1.29 is 0 Å². The summed E-state index contributed by atoms with van der Waals surface area (Å²) in [4.78, 5) is 6.85. The van der Waals surface area contributed by atoms with Crippen LogP contribution in [-0.2, 0) is 0 Å². The zero-order valence-electron chi connectivity index (χ0n) is 11.5. The molecule has 1 unspecified atom stereocenters. The first-order valence-electron chi connectivity index (χ1n) is 7.47. The smallest absolute Gasteiger partial charge is 0.0701 e. The maximum Gasteiger partial charge on any atom is 0.0701 e. The van der Waals surface area contributed by atoms with Crippen molar-refractivity contribution in [3.05, 3.63) is 42.6 Å². The minimum atomic E-state index is 0.999. The van der Waals surface area contributed by atoms with E-state index >= 15 is 0 Å². The van der Waals surface area contributed by atoms with Crippen molar-refractivity contribution in [2.24, 2.45) is 0 Å². The average Bonchev–Trinajstić information content (AvgIpc) is 2.96. The van der Waals surface area contributed by atoms with Crippen LogP contribution < -0.4 is 0 Å². The summed E-state index contributed by atoms with van der Waals surface area (Å²) < 4.78 is 0. The van der Waals surface area contributed by atoms with Crippen LogP contribution in [0.2, 0.25) is 0 Å². The number of piperidine rings is 1. The van der Waals surface area contributed by atoms with Crippen LogP contribution in [0.4, 0.5) is 0 Å². The van der Waals surface area contributed by atoms with Gasteiger partial charge in [0.05, 0.1) is 5.52 Å². The predicted octanol–water partition coefficient (Wildman–Crippen LogP) is 3.87. The molecule has 2 fully saturated rings. The van der Waals surface area contributed by atoms with Crippen LogP contribution in [0.25, 0.3) is 10.9 Å². The standard InChI is InChI=1S/C9H7N.C8H15N/c1-2-6-9-8(4-1)5-3-7-10-9;1-2-6-9-7-3-5-8(9)4-1/h1-7H;8H,1-7H2. The Morgan fingerprint density at radius 3 is 2.58 bits per heavy atom. The number of hydrogen-bond donors (Lipinski definition) is 0. The van der Waals surface area contributed by atoms with Crippen molar-refractivity contribution in [3.63, 3.8) is 0 Å². The van der Waals surface area contributed by atoms with Gasteiger partial charge in [-0.05, 0) is 50.9 Å². The molecule has 100 valence electrons. The van der Waals surface area contributed by atoms with E-state index in [-0.39, 0.29) is 0 Å². The number of benzene rings is 1. The summed E-state index contributed by atoms with van der Waals surface area (Å²) in [5.74, 6) is 0. The average molecular weight is 254 g/mol. The summed E-state index contributed by atoms with van der Waals surface area (Å²) in [5.41, 5.74) is 1.06. The second-order valence-electron chi connectivity index (χ2n) is 5.52. The van der Waals surface area contributed by atoms with E-state index in [1.807, 2.05) is 30.5 Å². The van der Waals surface area contributed by atoms with Crippen molar-refractivity contribution in [2.45, 2.75) is 38.1 Å². The molecule has 2 aromatic rings. The molecular weight excluding hydrogens is 232 g/mol. The largest absolute Gasteiger partial charge is 0.300 e. The van der Waals surface area contributed by atoms with E-state index in [4.69, 9.17) is 0 Å². The molecule has 0 bridgehead atoms. The second kappa shape index (κ2) is 6.16. The summed E-state index contributed by atoms with van der Waals surface area (Å²) in [6.45, 7) is 2.79. The fourth-order valence-corrected chi connectivity index (χ4v) is 3.23. The third-order valence-corrected chi connectivity index (χ3v) is 4.24. The Morgan fingerprint density at radius 1 is 0.895 bits per heavy atom. The van der Waals surface area contributed by atoms with E-state index < -0.39 is 0 Å². The van der Waals surface area contributed by atoms with Crippen LogP contribution in [0.5, 0.6) is 0 Å². The number of pyridine rings is 1. The molecule has 2 aliphatic heterocycles. The molecule has 19 heavy (non-hydrogen) atoms. The van der Waals surface area contributed by atoms with Crippen LogP contribution in [-0.4, -0.2) is 29.0 Å². The van der Waals surface area contributed by atoms with Crippen molar-refractivity contribution in [2.75, 3.05) is 13.1 Å². The van der Waals surface area contributed by atoms with Gasteiger partial charge < -0.3 is 4.90 Å². The number of nitrogens with zero attached hydrogens (tertiary/aromatic N) is 2. The molecule has 1 atom stereocenters. The number of rotatable bonds is 0. The van der Waals surface area contributed by atoms with Crippen molar-refractivity contribution in [1.29, 1.82) is 0 Å². The van der Waals surface area contributed by atoms with Gasteiger partial charge in [-0.3, -0.25) is 4.98 Å². The lowest BCUT2D eigenvalue weighted by atomic mass is 10.0. The van der Waals surface area contributed by atoms with E-state index in [1.165, 1.54) is 50.6 Å². The molecule has 1 aromatic heterocycles. The highest BCUT2D eigenvalue weighted by Crippen LogP contribution is 2.25. The summed E-state index contributed by atoms with van der Waals surface area (Å²) in [6, 6.07) is 13.1. The van der Waals surface area contributed by atoms with Gasteiger partial charge in [0.2, 0.25) is 0 Å². The molecular formula is C17H22N2. The Balaban J connectivity index is 0.000000117. The van der Waals surface area contributed by atoms with Crippen LogP contribution in [0, 0.1) is 0 Å². The molecule has 0 aliphatic carbocycles. The van der Waals surface area contributed by atoms with Crippen LogP contribution in [0.1, 0.15) is 32.1 Å². The van der Waals surface area contributed by atoms with E-state index in [1.54, 1.807) is 0 Å². The van der Waals surface area contributed by atoms with E-state index in [0.717, 1.165) is 11.6 Å². The third-order valence-electron chi connectivity index (χ3n) is 4.24. The zero-order valence-corrected chi connectivity index (χ0v) is 11.5. The lowest BCUT2D eigenvalue weighted by Crippen LogP contribution is -2.33. The Labute approximate surface area is 115 Å². The summed E-state index contributed by atoms with van der Waals surface area (Å²) in [5, 5.41) is 1.20. The molecule has 0 spiro atoms. The molecule has 2 nitrogen and oxygen atoms in total. The normalized spacial score (nSPS) is 22.6. The first kappa shape index (κ1) is 12.6.